The van der Waals surface area contributed by atoms with Crippen LogP contribution < -0.4 is 0 Å². The minimum absolute atomic E-state index is 0.0212. The molecule has 3 unspecified atom stereocenters. The average Bonchev–Trinajstić information content (AvgIpc) is 3.47. The third-order valence-electron chi connectivity index (χ3n) is 3.99. The molecule has 2 aliphatic rings. The Morgan fingerprint density at radius 1 is 0.958 bits per heavy atom. The molecule has 2 aliphatic heterocycles. The Kier molecular flexibility index (Phi) is 10.4. The van der Waals surface area contributed by atoms with Crippen LogP contribution in [-0.2, 0) is 27.8 Å². The molecule has 2 saturated heterocycles. The van der Waals surface area contributed by atoms with Crippen LogP contribution in [0.1, 0.15) is 39.5 Å². The smallest absolute Gasteiger partial charge is 0.324 e. The summed E-state index contributed by atoms with van der Waals surface area (Å²) >= 11 is 0. The van der Waals surface area contributed by atoms with Crippen molar-refractivity contribution in [1.82, 2.24) is 0 Å². The molecule has 0 aromatic rings. The molecular formula is C17H34O6Si. The maximum absolute atomic E-state index is 6.05. The van der Waals surface area contributed by atoms with E-state index in [0.717, 1.165) is 58.2 Å². The van der Waals surface area contributed by atoms with Crippen LogP contribution in [0.4, 0.5) is 0 Å². The topological polar surface area (TPSA) is 62.0 Å². The van der Waals surface area contributed by atoms with E-state index in [4.69, 9.17) is 27.8 Å². The van der Waals surface area contributed by atoms with Crippen LogP contribution in [0, 0.1) is 0 Å². The van der Waals surface area contributed by atoms with Gasteiger partial charge in [0.2, 0.25) is 0 Å². The lowest BCUT2D eigenvalue weighted by atomic mass is 10.4. The quantitative estimate of drug-likeness (QED) is 0.224. The van der Waals surface area contributed by atoms with Gasteiger partial charge in [0.05, 0.1) is 39.1 Å². The van der Waals surface area contributed by atoms with Gasteiger partial charge in [0.1, 0.15) is 12.2 Å². The first-order valence-corrected chi connectivity index (χ1v) is 11.2. The third-order valence-corrected chi connectivity index (χ3v) is 6.11. The van der Waals surface area contributed by atoms with E-state index < -0.39 is 9.28 Å². The summed E-state index contributed by atoms with van der Waals surface area (Å²) in [4.78, 5) is 0. The van der Waals surface area contributed by atoms with Crippen LogP contribution in [0.3, 0.4) is 0 Å². The molecule has 3 atom stereocenters. The van der Waals surface area contributed by atoms with Gasteiger partial charge in [0, 0.05) is 19.3 Å². The summed E-state index contributed by atoms with van der Waals surface area (Å²) < 4.78 is 34.3. The fraction of sp³-hybridized carbons (Fsp3) is 1.00. The van der Waals surface area contributed by atoms with Gasteiger partial charge in [0.25, 0.3) is 0 Å². The van der Waals surface area contributed by atoms with Crippen LogP contribution in [0.5, 0.6) is 0 Å². The van der Waals surface area contributed by atoms with Gasteiger partial charge in [0.15, 0.2) is 0 Å². The zero-order valence-corrected chi connectivity index (χ0v) is 16.4. The highest BCUT2D eigenvalue weighted by atomic mass is 28.3. The van der Waals surface area contributed by atoms with Gasteiger partial charge in [-0.3, -0.25) is 0 Å². The van der Waals surface area contributed by atoms with Crippen molar-refractivity contribution in [3.8, 4) is 0 Å². The normalized spacial score (nSPS) is 23.6. The summed E-state index contributed by atoms with van der Waals surface area (Å²) in [7, 11) is -1.73. The molecule has 0 N–H and O–H groups in total. The molecule has 0 bridgehead atoms. The second-order valence-corrected chi connectivity index (χ2v) is 8.51. The number of epoxide rings is 2. The lowest BCUT2D eigenvalue weighted by molar-refractivity contribution is -0.0188. The first-order valence-electron chi connectivity index (χ1n) is 9.47. The highest BCUT2D eigenvalue weighted by Gasteiger charge is 2.28. The van der Waals surface area contributed by atoms with Crippen molar-refractivity contribution in [2.24, 2.45) is 0 Å². The van der Waals surface area contributed by atoms with Gasteiger partial charge >= 0.3 is 9.28 Å². The molecule has 0 spiro atoms. The van der Waals surface area contributed by atoms with Crippen molar-refractivity contribution in [1.29, 1.82) is 0 Å². The maximum atomic E-state index is 6.05. The molecule has 0 radical (unpaired) electrons. The monoisotopic (exact) mass is 362 g/mol. The number of unbranched alkanes of at least 4 members (excludes halogenated alkanes) is 2. The molecule has 0 aromatic carbocycles. The van der Waals surface area contributed by atoms with E-state index in [-0.39, 0.29) is 18.3 Å². The fourth-order valence-corrected chi connectivity index (χ4v) is 4.13. The lowest BCUT2D eigenvalue weighted by Gasteiger charge is -2.23. The molecule has 2 fully saturated rings. The van der Waals surface area contributed by atoms with Crippen molar-refractivity contribution in [2.75, 3.05) is 46.2 Å². The van der Waals surface area contributed by atoms with E-state index in [1.165, 1.54) is 0 Å². The fourth-order valence-electron chi connectivity index (χ4n) is 2.20. The lowest BCUT2D eigenvalue weighted by Crippen LogP contribution is -2.33. The standard InChI is InChI=1S/C17H34O6Si/c1-3-5-7-22-24(23-8-6-4-2)14-17(21-13-16-12-20-16)10-18-9-15-11-19-15/h15-17,24H,3-14H2,1-2H3. The van der Waals surface area contributed by atoms with E-state index in [1.807, 2.05) is 0 Å². The van der Waals surface area contributed by atoms with E-state index in [1.54, 1.807) is 0 Å². The minimum Gasteiger partial charge on any atom is -0.396 e. The Morgan fingerprint density at radius 2 is 1.54 bits per heavy atom. The Labute approximate surface area is 147 Å². The summed E-state index contributed by atoms with van der Waals surface area (Å²) in [5.41, 5.74) is 0. The number of rotatable bonds is 17. The Bertz CT molecular complexity index is 301. The van der Waals surface area contributed by atoms with Gasteiger partial charge in [-0.2, -0.15) is 0 Å². The van der Waals surface area contributed by atoms with E-state index in [2.05, 4.69) is 13.8 Å². The summed E-state index contributed by atoms with van der Waals surface area (Å²) in [6, 6.07) is 0.825. The van der Waals surface area contributed by atoms with Gasteiger partial charge in [-0.25, -0.2) is 0 Å². The van der Waals surface area contributed by atoms with Gasteiger partial charge in [-0.15, -0.1) is 0 Å². The number of hydrogen-bond acceptors (Lipinski definition) is 6. The van der Waals surface area contributed by atoms with Crippen molar-refractivity contribution >= 4 is 9.28 Å². The van der Waals surface area contributed by atoms with E-state index in [9.17, 15) is 0 Å². The molecule has 7 heteroatoms. The van der Waals surface area contributed by atoms with E-state index >= 15 is 0 Å². The highest BCUT2D eigenvalue weighted by molar-refractivity contribution is 6.44. The largest absolute Gasteiger partial charge is 0.396 e. The average molecular weight is 363 g/mol. The first-order chi connectivity index (χ1) is 11.8. The predicted octanol–water partition coefficient (Wildman–Crippen LogP) is 2.04. The molecule has 6 nitrogen and oxygen atoms in total. The molecule has 142 valence electrons. The zero-order chi connectivity index (χ0) is 17.0. The van der Waals surface area contributed by atoms with Crippen LogP contribution >= 0.6 is 0 Å². The van der Waals surface area contributed by atoms with Gasteiger partial charge in [-0.1, -0.05) is 26.7 Å². The van der Waals surface area contributed by atoms with Gasteiger partial charge in [-0.05, 0) is 12.8 Å². The molecule has 0 aromatic heterocycles. The van der Waals surface area contributed by atoms with Crippen molar-refractivity contribution in [2.45, 2.75) is 63.9 Å². The second kappa shape index (κ2) is 12.3. The molecule has 2 rings (SSSR count). The van der Waals surface area contributed by atoms with Crippen molar-refractivity contribution in [3.63, 3.8) is 0 Å². The summed E-state index contributed by atoms with van der Waals surface area (Å²) in [5.74, 6) is 0. The third kappa shape index (κ3) is 10.1. The summed E-state index contributed by atoms with van der Waals surface area (Å²) in [5, 5.41) is 0. The van der Waals surface area contributed by atoms with Crippen LogP contribution in [0.2, 0.25) is 6.04 Å². The Balaban J connectivity index is 1.71. The maximum Gasteiger partial charge on any atom is 0.324 e. The highest BCUT2D eigenvalue weighted by Crippen LogP contribution is 2.15. The molecule has 0 saturated carbocycles. The first kappa shape index (κ1) is 20.3. The zero-order valence-electron chi connectivity index (χ0n) is 15.2. The summed E-state index contributed by atoms with van der Waals surface area (Å²) in [6.45, 7) is 9.41. The SMILES string of the molecule is CCCCO[SiH](CC(COCC1CO1)OCC1CO1)OCCCC. The van der Waals surface area contributed by atoms with Crippen LogP contribution in [-0.4, -0.2) is 73.8 Å². The van der Waals surface area contributed by atoms with Crippen molar-refractivity contribution in [3.05, 3.63) is 0 Å². The molecule has 2 heterocycles. The molecule has 0 aliphatic carbocycles. The van der Waals surface area contributed by atoms with Crippen molar-refractivity contribution < 1.29 is 27.8 Å². The Hall–Kier alpha value is -0.0231. The predicted molar refractivity (Wildman–Crippen MR) is 93.7 cm³/mol. The number of hydrogen-bond donors (Lipinski definition) is 0. The summed E-state index contributed by atoms with van der Waals surface area (Å²) in [6.07, 6.45) is 5.01. The van der Waals surface area contributed by atoms with Gasteiger partial charge < -0.3 is 27.8 Å². The Morgan fingerprint density at radius 3 is 2.08 bits per heavy atom. The molecular weight excluding hydrogens is 328 g/mol. The molecule has 0 amide bonds. The van der Waals surface area contributed by atoms with Crippen LogP contribution in [0.25, 0.3) is 0 Å². The van der Waals surface area contributed by atoms with E-state index in [0.29, 0.717) is 19.8 Å². The number of ether oxygens (including phenoxy) is 4. The minimum atomic E-state index is -1.73. The molecule has 24 heavy (non-hydrogen) atoms. The second-order valence-electron chi connectivity index (χ2n) is 6.52. The van der Waals surface area contributed by atoms with Crippen LogP contribution in [0.15, 0.2) is 0 Å².